The van der Waals surface area contributed by atoms with E-state index in [2.05, 4.69) is 27.1 Å². The molecular formula is C26H31F3N2O3. The van der Waals surface area contributed by atoms with Crippen LogP contribution < -0.4 is 14.8 Å². The first-order valence-electron chi connectivity index (χ1n) is 11.9. The molecule has 1 saturated heterocycles. The van der Waals surface area contributed by atoms with E-state index >= 15 is 0 Å². The molecule has 0 aromatic heterocycles. The van der Waals surface area contributed by atoms with E-state index in [1.54, 1.807) is 12.1 Å². The average molecular weight is 477 g/mol. The first-order chi connectivity index (χ1) is 16.3. The van der Waals surface area contributed by atoms with Crippen molar-refractivity contribution in [1.29, 1.82) is 0 Å². The Labute approximate surface area is 198 Å². The molecule has 184 valence electrons. The molecule has 2 aliphatic rings. The van der Waals surface area contributed by atoms with Gasteiger partial charge in [-0.1, -0.05) is 24.6 Å². The number of rotatable bonds is 7. The van der Waals surface area contributed by atoms with Crippen molar-refractivity contribution in [2.75, 3.05) is 26.7 Å². The van der Waals surface area contributed by atoms with E-state index in [1.165, 1.54) is 25.3 Å². The first-order valence-corrected chi connectivity index (χ1v) is 11.9. The molecule has 0 aliphatic carbocycles. The molecule has 5 nitrogen and oxygen atoms in total. The normalized spacial score (nSPS) is 21.1. The third-order valence-corrected chi connectivity index (χ3v) is 6.68. The van der Waals surface area contributed by atoms with Crippen molar-refractivity contribution >= 4 is 5.97 Å². The molecular weight excluding hydrogens is 445 g/mol. The number of halogens is 3. The lowest BCUT2D eigenvalue weighted by Crippen LogP contribution is -2.35. The highest BCUT2D eigenvalue weighted by Crippen LogP contribution is 2.34. The monoisotopic (exact) mass is 476 g/mol. The highest BCUT2D eigenvalue weighted by molar-refractivity contribution is 5.78. The van der Waals surface area contributed by atoms with Gasteiger partial charge < -0.3 is 14.8 Å². The zero-order chi connectivity index (χ0) is 24.1. The van der Waals surface area contributed by atoms with Gasteiger partial charge in [0.1, 0.15) is 11.5 Å². The van der Waals surface area contributed by atoms with Crippen LogP contribution in [0.15, 0.2) is 42.5 Å². The van der Waals surface area contributed by atoms with E-state index in [4.69, 9.17) is 4.74 Å². The van der Waals surface area contributed by atoms with Crippen LogP contribution in [0.1, 0.15) is 48.4 Å². The Morgan fingerprint density at radius 3 is 2.59 bits per heavy atom. The number of esters is 1. The maximum absolute atomic E-state index is 12.5. The van der Waals surface area contributed by atoms with E-state index in [0.717, 1.165) is 48.4 Å². The maximum atomic E-state index is 12.5. The molecule has 8 heteroatoms. The zero-order valence-electron chi connectivity index (χ0n) is 19.4. The zero-order valence-corrected chi connectivity index (χ0v) is 19.4. The average Bonchev–Trinajstić information content (AvgIpc) is 2.82. The molecule has 0 bridgehead atoms. The number of alkyl halides is 3. The van der Waals surface area contributed by atoms with E-state index in [9.17, 15) is 18.0 Å². The number of piperidine rings is 1. The molecule has 2 aliphatic heterocycles. The minimum Gasteiger partial charge on any atom is -0.494 e. The standard InChI is InChI=1S/C26H31F3N2O3/c1-31-14-11-19-17-22(34-25(32)26(27,28)29)9-10-23(19)24(31)16-18-5-7-21(8-6-18)33-15-12-20-4-2-3-13-30-20/h5-10,17,20,24,30H,2-4,11-16H2,1H3. The Bertz CT molecular complexity index is 972. The van der Waals surface area contributed by atoms with Crippen LogP contribution in [-0.4, -0.2) is 49.8 Å². The summed E-state index contributed by atoms with van der Waals surface area (Å²) in [5.41, 5.74) is 3.10. The topological polar surface area (TPSA) is 50.8 Å². The largest absolute Gasteiger partial charge is 0.494 e. The van der Waals surface area contributed by atoms with Gasteiger partial charge in [0, 0.05) is 18.6 Å². The van der Waals surface area contributed by atoms with E-state index < -0.39 is 12.1 Å². The van der Waals surface area contributed by atoms with Crippen molar-refractivity contribution in [3.8, 4) is 11.5 Å². The summed E-state index contributed by atoms with van der Waals surface area (Å²) in [6.07, 6.45) is 1.19. The van der Waals surface area contributed by atoms with Gasteiger partial charge >= 0.3 is 12.1 Å². The summed E-state index contributed by atoms with van der Waals surface area (Å²) < 4.78 is 48.0. The molecule has 0 amide bonds. The number of nitrogens with one attached hydrogen (secondary N) is 1. The molecule has 0 radical (unpaired) electrons. The van der Waals surface area contributed by atoms with Gasteiger partial charge in [0.2, 0.25) is 0 Å². The highest BCUT2D eigenvalue weighted by atomic mass is 19.4. The molecule has 0 spiro atoms. The summed E-state index contributed by atoms with van der Waals surface area (Å²) in [6.45, 7) is 2.56. The van der Waals surface area contributed by atoms with Crippen LogP contribution in [0.2, 0.25) is 0 Å². The predicted octanol–water partition coefficient (Wildman–Crippen LogP) is 4.84. The number of hydrogen-bond donors (Lipinski definition) is 1. The van der Waals surface area contributed by atoms with Gasteiger partial charge in [0.15, 0.2) is 0 Å². The number of carbonyl (C=O) groups is 1. The fraction of sp³-hybridized carbons (Fsp3) is 0.500. The second-order valence-corrected chi connectivity index (χ2v) is 9.13. The molecule has 0 saturated carbocycles. The van der Waals surface area contributed by atoms with Gasteiger partial charge in [0.25, 0.3) is 0 Å². The summed E-state index contributed by atoms with van der Waals surface area (Å²) in [5, 5.41) is 3.53. The lowest BCUT2D eigenvalue weighted by Gasteiger charge is -2.35. The first kappa shape index (κ1) is 24.5. The highest BCUT2D eigenvalue weighted by Gasteiger charge is 2.41. The van der Waals surface area contributed by atoms with Crippen LogP contribution in [0, 0.1) is 0 Å². The van der Waals surface area contributed by atoms with Crippen LogP contribution in [-0.2, 0) is 17.6 Å². The van der Waals surface area contributed by atoms with E-state index in [0.29, 0.717) is 19.1 Å². The molecule has 2 atom stereocenters. The van der Waals surface area contributed by atoms with Crippen molar-refractivity contribution in [2.24, 2.45) is 0 Å². The minimum absolute atomic E-state index is 0.0747. The minimum atomic E-state index is -5.01. The third-order valence-electron chi connectivity index (χ3n) is 6.68. The number of carbonyl (C=O) groups excluding carboxylic acids is 1. The van der Waals surface area contributed by atoms with Gasteiger partial charge in [-0.2, -0.15) is 13.2 Å². The summed E-state index contributed by atoms with van der Waals surface area (Å²) in [6, 6.07) is 13.5. The van der Waals surface area contributed by atoms with Crippen molar-refractivity contribution in [3.63, 3.8) is 0 Å². The number of ether oxygens (including phenoxy) is 2. The molecule has 2 aromatic rings. The van der Waals surface area contributed by atoms with Crippen molar-refractivity contribution in [3.05, 3.63) is 59.2 Å². The Hall–Kier alpha value is -2.58. The van der Waals surface area contributed by atoms with Crippen LogP contribution in [0.3, 0.4) is 0 Å². The fourth-order valence-corrected chi connectivity index (χ4v) is 4.74. The summed E-state index contributed by atoms with van der Waals surface area (Å²) in [5.74, 6) is -1.42. The second-order valence-electron chi connectivity index (χ2n) is 9.13. The van der Waals surface area contributed by atoms with Gasteiger partial charge in [0.05, 0.1) is 6.61 Å². The molecule has 1 N–H and O–H groups in total. The number of fused-ring (bicyclic) bond motifs is 1. The lowest BCUT2D eigenvalue weighted by atomic mass is 9.89. The van der Waals surface area contributed by atoms with Crippen LogP contribution in [0.5, 0.6) is 11.5 Å². The molecule has 34 heavy (non-hydrogen) atoms. The fourth-order valence-electron chi connectivity index (χ4n) is 4.74. The van der Waals surface area contributed by atoms with Gasteiger partial charge in [-0.3, -0.25) is 4.90 Å². The van der Waals surface area contributed by atoms with Crippen molar-refractivity contribution < 1.29 is 27.4 Å². The Kier molecular flexibility index (Phi) is 7.78. The van der Waals surface area contributed by atoms with Crippen LogP contribution >= 0.6 is 0 Å². The molecule has 2 unspecified atom stereocenters. The molecule has 4 rings (SSSR count). The molecule has 1 fully saturated rings. The smallest absolute Gasteiger partial charge is 0.491 e. The second kappa shape index (κ2) is 10.8. The molecule has 2 aromatic carbocycles. The number of hydrogen-bond acceptors (Lipinski definition) is 5. The lowest BCUT2D eigenvalue weighted by molar-refractivity contribution is -0.189. The third kappa shape index (κ3) is 6.30. The predicted molar refractivity (Wildman–Crippen MR) is 123 cm³/mol. The van der Waals surface area contributed by atoms with E-state index in [-0.39, 0.29) is 11.8 Å². The van der Waals surface area contributed by atoms with Crippen molar-refractivity contribution in [1.82, 2.24) is 10.2 Å². The molecule has 2 heterocycles. The number of likely N-dealkylation sites (N-methyl/N-ethyl adjacent to an activating group) is 1. The van der Waals surface area contributed by atoms with Crippen molar-refractivity contribution in [2.45, 2.75) is 56.8 Å². The SMILES string of the molecule is CN1CCc2cc(OC(=O)C(F)(F)F)ccc2C1Cc1ccc(OCCC2CCCCN2)cc1. The quantitative estimate of drug-likeness (QED) is 0.458. The van der Waals surface area contributed by atoms with Crippen LogP contribution in [0.25, 0.3) is 0 Å². The van der Waals surface area contributed by atoms with Crippen LogP contribution in [0.4, 0.5) is 13.2 Å². The van der Waals surface area contributed by atoms with E-state index in [1.807, 2.05) is 19.2 Å². The Morgan fingerprint density at radius 2 is 1.88 bits per heavy atom. The Balaban J connectivity index is 1.36. The summed E-state index contributed by atoms with van der Waals surface area (Å²) in [7, 11) is 2.04. The van der Waals surface area contributed by atoms with Gasteiger partial charge in [-0.15, -0.1) is 0 Å². The maximum Gasteiger partial charge on any atom is 0.491 e. The van der Waals surface area contributed by atoms with Gasteiger partial charge in [-0.05, 0) is 86.7 Å². The van der Waals surface area contributed by atoms with Gasteiger partial charge in [-0.25, -0.2) is 4.79 Å². The Morgan fingerprint density at radius 1 is 1.12 bits per heavy atom. The summed E-state index contributed by atoms with van der Waals surface area (Å²) >= 11 is 0. The number of nitrogens with zero attached hydrogens (tertiary/aromatic N) is 1. The summed E-state index contributed by atoms with van der Waals surface area (Å²) in [4.78, 5) is 13.4. The number of benzene rings is 2.